The molecule has 11 heteroatoms. The Morgan fingerprint density at radius 2 is 1.68 bits per heavy atom. The largest absolute Gasteiger partial charge is 0.573 e. The SMILES string of the molecule is Cc1ccc(N2C(=O)c3cnc4c(c(C)nn4-c4ccc(OC(F)(F)F)cc4)c3C2=O)c(F)c1. The zero-order chi connectivity index (χ0) is 24.4. The third-order valence-electron chi connectivity index (χ3n) is 5.38. The number of hydrogen-bond acceptors (Lipinski definition) is 5. The quantitative estimate of drug-likeness (QED) is 0.315. The molecule has 0 saturated heterocycles. The van der Waals surface area contributed by atoms with Crippen molar-refractivity contribution < 1.29 is 31.9 Å². The van der Waals surface area contributed by atoms with Gasteiger partial charge in [0.25, 0.3) is 11.8 Å². The number of aromatic nitrogens is 3. The first kappa shape index (κ1) is 21.6. The van der Waals surface area contributed by atoms with Gasteiger partial charge in [0.15, 0.2) is 5.65 Å². The van der Waals surface area contributed by atoms with Crippen LogP contribution in [0, 0.1) is 19.7 Å². The van der Waals surface area contributed by atoms with E-state index in [-0.39, 0.29) is 22.5 Å². The number of benzene rings is 2. The van der Waals surface area contributed by atoms with E-state index in [9.17, 15) is 27.2 Å². The minimum atomic E-state index is -4.83. The number of carbonyl (C=O) groups is 2. The number of aryl methyl sites for hydroxylation is 2. The molecule has 0 spiro atoms. The molecule has 0 bridgehead atoms. The number of nitrogens with zero attached hydrogens (tertiary/aromatic N) is 4. The molecular weight excluding hydrogens is 456 g/mol. The smallest absolute Gasteiger partial charge is 0.406 e. The molecule has 0 fully saturated rings. The first-order valence-corrected chi connectivity index (χ1v) is 9.94. The molecular formula is C23H14F4N4O3. The van der Waals surface area contributed by atoms with Gasteiger partial charge in [0.1, 0.15) is 11.6 Å². The first-order valence-electron chi connectivity index (χ1n) is 9.94. The van der Waals surface area contributed by atoms with Gasteiger partial charge in [-0.3, -0.25) is 9.59 Å². The van der Waals surface area contributed by atoms with Crippen LogP contribution in [-0.2, 0) is 0 Å². The third-order valence-corrected chi connectivity index (χ3v) is 5.38. The Kier molecular flexibility index (Phi) is 4.67. The van der Waals surface area contributed by atoms with Crippen LogP contribution < -0.4 is 9.64 Å². The number of alkyl halides is 3. The minimum Gasteiger partial charge on any atom is -0.406 e. The van der Waals surface area contributed by atoms with Gasteiger partial charge >= 0.3 is 6.36 Å². The summed E-state index contributed by atoms with van der Waals surface area (Å²) in [5.41, 5.74) is 1.44. The Bertz CT molecular complexity index is 1490. The standard InChI is InChI=1S/C23H14F4N4O3/c1-11-3-8-17(16(24)9-11)30-21(32)15-10-28-20-18(19(15)22(30)33)12(2)29-31(20)13-4-6-14(7-5-13)34-23(25,26)27/h3-10H,1-2H3. The van der Waals surface area contributed by atoms with Gasteiger partial charge in [0, 0.05) is 6.20 Å². The van der Waals surface area contributed by atoms with Crippen LogP contribution in [0.5, 0.6) is 5.75 Å². The van der Waals surface area contributed by atoms with Crippen molar-refractivity contribution in [1.29, 1.82) is 0 Å². The summed E-state index contributed by atoms with van der Waals surface area (Å²) in [6, 6.07) is 9.11. The molecule has 4 aromatic rings. The molecule has 0 aliphatic carbocycles. The summed E-state index contributed by atoms with van der Waals surface area (Å²) in [6.45, 7) is 3.29. The highest BCUT2D eigenvalue weighted by atomic mass is 19.4. The summed E-state index contributed by atoms with van der Waals surface area (Å²) in [5.74, 6) is -2.55. The molecule has 0 radical (unpaired) electrons. The molecule has 3 heterocycles. The van der Waals surface area contributed by atoms with Gasteiger partial charge in [-0.05, 0) is 55.8 Å². The van der Waals surface area contributed by atoms with Crippen molar-refractivity contribution in [3.05, 3.63) is 76.9 Å². The van der Waals surface area contributed by atoms with Crippen molar-refractivity contribution in [1.82, 2.24) is 14.8 Å². The summed E-state index contributed by atoms with van der Waals surface area (Å²) >= 11 is 0. The molecule has 1 aliphatic rings. The second-order valence-electron chi connectivity index (χ2n) is 7.68. The van der Waals surface area contributed by atoms with E-state index in [1.807, 2.05) is 0 Å². The van der Waals surface area contributed by atoms with Crippen LogP contribution in [0.1, 0.15) is 32.0 Å². The number of rotatable bonds is 3. The number of amides is 2. The number of carbonyl (C=O) groups excluding carboxylic acids is 2. The van der Waals surface area contributed by atoms with Crippen LogP contribution in [-0.4, -0.2) is 32.9 Å². The second kappa shape index (κ2) is 7.37. The van der Waals surface area contributed by atoms with Crippen LogP contribution in [0.25, 0.3) is 16.7 Å². The molecule has 2 aromatic carbocycles. The van der Waals surface area contributed by atoms with Crippen molar-refractivity contribution in [3.63, 3.8) is 0 Å². The first-order chi connectivity index (χ1) is 16.0. The molecule has 172 valence electrons. The van der Waals surface area contributed by atoms with Gasteiger partial charge in [-0.15, -0.1) is 13.2 Å². The lowest BCUT2D eigenvalue weighted by Gasteiger charge is -2.15. The summed E-state index contributed by atoms with van der Waals surface area (Å²) in [5, 5.41) is 4.66. The Labute approximate surface area is 189 Å². The topological polar surface area (TPSA) is 77.3 Å². The maximum absolute atomic E-state index is 14.6. The van der Waals surface area contributed by atoms with Gasteiger partial charge in [-0.2, -0.15) is 5.10 Å². The van der Waals surface area contributed by atoms with Crippen molar-refractivity contribution in [2.45, 2.75) is 20.2 Å². The van der Waals surface area contributed by atoms with E-state index in [2.05, 4.69) is 14.8 Å². The molecule has 0 unspecified atom stereocenters. The van der Waals surface area contributed by atoms with Gasteiger partial charge in [0.05, 0.1) is 33.6 Å². The lowest BCUT2D eigenvalue weighted by molar-refractivity contribution is -0.274. The normalized spacial score (nSPS) is 13.6. The number of pyridine rings is 1. The van der Waals surface area contributed by atoms with Crippen LogP contribution in [0.2, 0.25) is 0 Å². The van der Waals surface area contributed by atoms with Gasteiger partial charge in [-0.1, -0.05) is 6.07 Å². The number of anilines is 1. The van der Waals surface area contributed by atoms with E-state index < -0.39 is 29.7 Å². The number of hydrogen-bond donors (Lipinski definition) is 0. The zero-order valence-electron chi connectivity index (χ0n) is 17.6. The predicted molar refractivity (Wildman–Crippen MR) is 113 cm³/mol. The molecule has 2 amide bonds. The maximum atomic E-state index is 14.6. The van der Waals surface area contributed by atoms with Gasteiger partial charge < -0.3 is 4.74 Å². The number of imide groups is 1. The maximum Gasteiger partial charge on any atom is 0.573 e. The van der Waals surface area contributed by atoms with Gasteiger partial charge in [-0.25, -0.2) is 19.0 Å². The van der Waals surface area contributed by atoms with Crippen LogP contribution in [0.15, 0.2) is 48.7 Å². The minimum absolute atomic E-state index is 0.00838. The van der Waals surface area contributed by atoms with Crippen molar-refractivity contribution in [2.75, 3.05) is 4.90 Å². The Balaban J connectivity index is 1.60. The van der Waals surface area contributed by atoms with Crippen LogP contribution in [0.3, 0.4) is 0 Å². The summed E-state index contributed by atoms with van der Waals surface area (Å²) in [6.07, 6.45) is -3.61. The predicted octanol–water partition coefficient (Wildman–Crippen LogP) is 4.88. The zero-order valence-corrected chi connectivity index (χ0v) is 17.6. The monoisotopic (exact) mass is 470 g/mol. The van der Waals surface area contributed by atoms with Crippen molar-refractivity contribution >= 4 is 28.5 Å². The van der Waals surface area contributed by atoms with Crippen molar-refractivity contribution in [2.24, 2.45) is 0 Å². The average Bonchev–Trinajstić information content (AvgIpc) is 3.22. The number of fused-ring (bicyclic) bond motifs is 3. The Morgan fingerprint density at radius 3 is 2.32 bits per heavy atom. The highest BCUT2D eigenvalue weighted by Gasteiger charge is 2.41. The van der Waals surface area contributed by atoms with E-state index in [1.165, 1.54) is 35.1 Å². The molecule has 2 aromatic heterocycles. The molecule has 5 rings (SSSR count). The number of ether oxygens (including phenoxy) is 1. The van der Waals surface area contributed by atoms with Gasteiger partial charge in [0.2, 0.25) is 0 Å². The van der Waals surface area contributed by atoms with E-state index in [0.717, 1.165) is 17.0 Å². The molecule has 0 saturated carbocycles. The lowest BCUT2D eigenvalue weighted by Crippen LogP contribution is -2.30. The summed E-state index contributed by atoms with van der Waals surface area (Å²) < 4.78 is 57.1. The molecule has 1 aliphatic heterocycles. The van der Waals surface area contributed by atoms with Crippen molar-refractivity contribution in [3.8, 4) is 11.4 Å². The fourth-order valence-corrected chi connectivity index (χ4v) is 3.94. The highest BCUT2D eigenvalue weighted by Crippen LogP contribution is 2.36. The molecule has 0 N–H and O–H groups in total. The molecule has 34 heavy (non-hydrogen) atoms. The van der Waals surface area contributed by atoms with E-state index in [4.69, 9.17) is 0 Å². The lowest BCUT2D eigenvalue weighted by atomic mass is 10.1. The average molecular weight is 470 g/mol. The second-order valence-corrected chi connectivity index (χ2v) is 7.68. The fraction of sp³-hybridized carbons (Fsp3) is 0.130. The molecule has 7 nitrogen and oxygen atoms in total. The number of halogens is 4. The van der Waals surface area contributed by atoms with E-state index in [0.29, 0.717) is 22.3 Å². The van der Waals surface area contributed by atoms with Crippen LogP contribution in [0.4, 0.5) is 23.2 Å². The summed E-state index contributed by atoms with van der Waals surface area (Å²) in [7, 11) is 0. The Hall–Kier alpha value is -4.28. The fourth-order valence-electron chi connectivity index (χ4n) is 3.94. The van der Waals surface area contributed by atoms with Crippen LogP contribution >= 0.6 is 0 Å². The van der Waals surface area contributed by atoms with E-state index >= 15 is 0 Å². The highest BCUT2D eigenvalue weighted by molar-refractivity contribution is 6.37. The van der Waals surface area contributed by atoms with E-state index in [1.54, 1.807) is 19.9 Å². The molecule has 0 atom stereocenters. The Morgan fingerprint density at radius 1 is 0.971 bits per heavy atom. The summed E-state index contributed by atoms with van der Waals surface area (Å²) in [4.78, 5) is 31.3. The third kappa shape index (κ3) is 3.36.